The molecule has 3 atom stereocenters. The van der Waals surface area contributed by atoms with Crippen molar-refractivity contribution in [1.82, 2.24) is 9.80 Å². The van der Waals surface area contributed by atoms with E-state index in [-0.39, 0.29) is 5.54 Å². The molecule has 0 spiro atoms. The van der Waals surface area contributed by atoms with Crippen molar-refractivity contribution >= 4 is 0 Å². The summed E-state index contributed by atoms with van der Waals surface area (Å²) in [6.45, 7) is 5.08. The lowest BCUT2D eigenvalue weighted by atomic mass is 9.85. The van der Waals surface area contributed by atoms with E-state index < -0.39 is 0 Å². The van der Waals surface area contributed by atoms with Gasteiger partial charge in [-0.25, -0.2) is 0 Å². The number of ether oxygens (including phenoxy) is 1. The largest absolute Gasteiger partial charge is 0.375 e. The van der Waals surface area contributed by atoms with Crippen molar-refractivity contribution in [2.75, 3.05) is 39.8 Å². The SMILES string of the molecule is CN1CCC(CN)(N2CCOC3CCCCC32)C1. The van der Waals surface area contributed by atoms with E-state index >= 15 is 0 Å². The van der Waals surface area contributed by atoms with Crippen LogP contribution in [0, 0.1) is 0 Å². The van der Waals surface area contributed by atoms with E-state index in [2.05, 4.69) is 16.8 Å². The molecule has 0 aromatic heterocycles. The van der Waals surface area contributed by atoms with Crippen LogP contribution in [0.4, 0.5) is 0 Å². The summed E-state index contributed by atoms with van der Waals surface area (Å²) in [5.41, 5.74) is 6.40. The van der Waals surface area contributed by atoms with Crippen LogP contribution in [0.5, 0.6) is 0 Å². The van der Waals surface area contributed by atoms with Gasteiger partial charge in [0.25, 0.3) is 0 Å². The predicted octanol–water partition coefficient (Wildman–Crippen LogP) is 0.663. The monoisotopic (exact) mass is 253 g/mol. The highest BCUT2D eigenvalue weighted by Crippen LogP contribution is 2.36. The first-order valence-electron chi connectivity index (χ1n) is 7.52. The van der Waals surface area contributed by atoms with Gasteiger partial charge in [-0.1, -0.05) is 12.8 Å². The molecule has 4 nitrogen and oxygen atoms in total. The molecule has 1 saturated carbocycles. The number of nitrogens with zero attached hydrogens (tertiary/aromatic N) is 2. The molecule has 2 saturated heterocycles. The molecule has 2 heterocycles. The van der Waals surface area contributed by atoms with Gasteiger partial charge in [-0.2, -0.15) is 0 Å². The van der Waals surface area contributed by atoms with Gasteiger partial charge in [-0.05, 0) is 32.9 Å². The average Bonchev–Trinajstić information content (AvgIpc) is 2.81. The summed E-state index contributed by atoms with van der Waals surface area (Å²) in [7, 11) is 2.22. The van der Waals surface area contributed by atoms with E-state index in [9.17, 15) is 0 Å². The van der Waals surface area contributed by atoms with Crippen LogP contribution in [-0.2, 0) is 4.74 Å². The smallest absolute Gasteiger partial charge is 0.0731 e. The highest BCUT2D eigenvalue weighted by Gasteiger charge is 2.47. The maximum atomic E-state index is 6.17. The molecule has 2 aliphatic heterocycles. The summed E-state index contributed by atoms with van der Waals surface area (Å²) < 4.78 is 5.99. The Labute approximate surface area is 110 Å². The second kappa shape index (κ2) is 5.08. The van der Waals surface area contributed by atoms with Gasteiger partial charge in [0, 0.05) is 31.2 Å². The zero-order chi connectivity index (χ0) is 12.6. The molecule has 0 amide bonds. The van der Waals surface area contributed by atoms with Crippen molar-refractivity contribution < 1.29 is 4.74 Å². The lowest BCUT2D eigenvalue weighted by molar-refractivity contribution is -0.122. The third-order valence-electron chi connectivity index (χ3n) is 5.24. The molecule has 1 aliphatic carbocycles. The zero-order valence-corrected chi connectivity index (χ0v) is 11.6. The second-order valence-electron chi connectivity index (χ2n) is 6.37. The first-order valence-corrected chi connectivity index (χ1v) is 7.52. The molecule has 0 aromatic carbocycles. The van der Waals surface area contributed by atoms with Gasteiger partial charge in [-0.15, -0.1) is 0 Å². The summed E-state index contributed by atoms with van der Waals surface area (Å²) in [6.07, 6.45) is 6.95. The van der Waals surface area contributed by atoms with E-state index in [4.69, 9.17) is 10.5 Å². The third kappa shape index (κ3) is 2.09. The molecule has 0 aromatic rings. The molecule has 104 valence electrons. The minimum absolute atomic E-state index is 0.221. The molecular formula is C14H27N3O. The van der Waals surface area contributed by atoms with E-state index in [1.54, 1.807) is 0 Å². The summed E-state index contributed by atoms with van der Waals surface area (Å²) in [6, 6.07) is 0.627. The Hall–Kier alpha value is -0.160. The number of hydrogen-bond donors (Lipinski definition) is 1. The fourth-order valence-corrected chi connectivity index (χ4v) is 4.26. The maximum absolute atomic E-state index is 6.17. The molecule has 18 heavy (non-hydrogen) atoms. The fraction of sp³-hybridized carbons (Fsp3) is 1.00. The Bertz CT molecular complexity index is 297. The fourth-order valence-electron chi connectivity index (χ4n) is 4.26. The van der Waals surface area contributed by atoms with Gasteiger partial charge >= 0.3 is 0 Å². The van der Waals surface area contributed by atoms with E-state index in [1.807, 2.05) is 0 Å². The number of hydrogen-bond acceptors (Lipinski definition) is 4. The van der Waals surface area contributed by atoms with Gasteiger partial charge in [-0.3, -0.25) is 4.90 Å². The van der Waals surface area contributed by atoms with Crippen LogP contribution in [0.3, 0.4) is 0 Å². The summed E-state index contributed by atoms with van der Waals surface area (Å²) in [5, 5.41) is 0. The van der Waals surface area contributed by atoms with Crippen LogP contribution >= 0.6 is 0 Å². The number of fused-ring (bicyclic) bond motifs is 1. The van der Waals surface area contributed by atoms with E-state index in [1.165, 1.54) is 38.6 Å². The standard InChI is InChI=1S/C14H27N3O/c1-16-7-6-14(10-15,11-16)17-8-9-18-13-5-3-2-4-12(13)17/h12-13H,2-11,15H2,1H3. The second-order valence-corrected chi connectivity index (χ2v) is 6.37. The number of nitrogens with two attached hydrogens (primary N) is 1. The number of likely N-dealkylation sites (tertiary alicyclic amines) is 1. The molecule has 4 heteroatoms. The Morgan fingerprint density at radius 2 is 2.11 bits per heavy atom. The quantitative estimate of drug-likeness (QED) is 0.785. The van der Waals surface area contributed by atoms with Crippen molar-refractivity contribution in [2.24, 2.45) is 5.73 Å². The summed E-state index contributed by atoms with van der Waals surface area (Å²) in [5.74, 6) is 0. The molecule has 3 unspecified atom stereocenters. The normalized spacial score (nSPS) is 43.0. The van der Waals surface area contributed by atoms with E-state index in [0.29, 0.717) is 12.1 Å². The molecule has 3 fully saturated rings. The van der Waals surface area contributed by atoms with Crippen LogP contribution in [0.1, 0.15) is 32.1 Å². The van der Waals surface area contributed by atoms with Gasteiger partial charge in [0.2, 0.25) is 0 Å². The molecule has 2 N–H and O–H groups in total. The van der Waals surface area contributed by atoms with E-state index in [0.717, 1.165) is 26.2 Å². The zero-order valence-electron chi connectivity index (χ0n) is 11.6. The predicted molar refractivity (Wildman–Crippen MR) is 72.6 cm³/mol. The molecule has 0 bridgehead atoms. The van der Waals surface area contributed by atoms with Crippen LogP contribution in [0.2, 0.25) is 0 Å². The highest BCUT2D eigenvalue weighted by molar-refractivity contribution is 5.04. The van der Waals surface area contributed by atoms with Gasteiger partial charge < -0.3 is 15.4 Å². The van der Waals surface area contributed by atoms with Crippen LogP contribution in [0.25, 0.3) is 0 Å². The Morgan fingerprint density at radius 1 is 1.28 bits per heavy atom. The number of rotatable bonds is 2. The summed E-state index contributed by atoms with van der Waals surface area (Å²) in [4.78, 5) is 5.16. The van der Waals surface area contributed by atoms with Crippen molar-refractivity contribution in [1.29, 1.82) is 0 Å². The van der Waals surface area contributed by atoms with Crippen molar-refractivity contribution in [3.05, 3.63) is 0 Å². The van der Waals surface area contributed by atoms with Crippen molar-refractivity contribution in [2.45, 2.75) is 49.8 Å². The summed E-state index contributed by atoms with van der Waals surface area (Å²) >= 11 is 0. The Balaban J connectivity index is 1.80. The lowest BCUT2D eigenvalue weighted by Gasteiger charge is -2.52. The minimum Gasteiger partial charge on any atom is -0.375 e. The van der Waals surface area contributed by atoms with Gasteiger partial charge in [0.05, 0.1) is 12.7 Å². The topological polar surface area (TPSA) is 41.7 Å². The first-order chi connectivity index (χ1) is 8.75. The van der Waals surface area contributed by atoms with Crippen LogP contribution in [0.15, 0.2) is 0 Å². The molecule has 0 radical (unpaired) electrons. The highest BCUT2D eigenvalue weighted by atomic mass is 16.5. The minimum atomic E-state index is 0.221. The third-order valence-corrected chi connectivity index (χ3v) is 5.24. The van der Waals surface area contributed by atoms with Gasteiger partial charge in [0.15, 0.2) is 0 Å². The van der Waals surface area contributed by atoms with Crippen LogP contribution < -0.4 is 5.73 Å². The first kappa shape index (κ1) is 12.9. The lowest BCUT2D eigenvalue weighted by Crippen LogP contribution is -2.65. The number of morpholine rings is 1. The maximum Gasteiger partial charge on any atom is 0.0731 e. The van der Waals surface area contributed by atoms with Crippen LogP contribution in [-0.4, -0.2) is 67.3 Å². The number of likely N-dealkylation sites (N-methyl/N-ethyl adjacent to an activating group) is 1. The Morgan fingerprint density at radius 3 is 2.83 bits per heavy atom. The Kier molecular flexibility index (Phi) is 3.63. The molecule has 3 rings (SSSR count). The van der Waals surface area contributed by atoms with Crippen molar-refractivity contribution in [3.63, 3.8) is 0 Å². The van der Waals surface area contributed by atoms with Gasteiger partial charge in [0.1, 0.15) is 0 Å². The average molecular weight is 253 g/mol. The van der Waals surface area contributed by atoms with Crippen molar-refractivity contribution in [3.8, 4) is 0 Å². The molecular weight excluding hydrogens is 226 g/mol. The molecule has 3 aliphatic rings.